The van der Waals surface area contributed by atoms with Gasteiger partial charge in [-0.15, -0.1) is 0 Å². The number of carbonyl (C=O) groups excluding carboxylic acids is 2. The Labute approximate surface area is 104 Å². The second kappa shape index (κ2) is 6.61. The van der Waals surface area contributed by atoms with Gasteiger partial charge in [0, 0.05) is 0 Å². The van der Waals surface area contributed by atoms with Gasteiger partial charge in [0.25, 0.3) is 0 Å². The van der Waals surface area contributed by atoms with Crippen molar-refractivity contribution in [3.63, 3.8) is 0 Å². The molecule has 0 aromatic heterocycles. The van der Waals surface area contributed by atoms with Gasteiger partial charge in [0.05, 0.1) is 6.10 Å². The highest BCUT2D eigenvalue weighted by Gasteiger charge is 2.41. The maximum Gasteiger partial charge on any atom is 0.471 e. The van der Waals surface area contributed by atoms with Crippen molar-refractivity contribution in [2.45, 2.75) is 52.4 Å². The van der Waals surface area contributed by atoms with Crippen LogP contribution in [0, 0.1) is 5.92 Å². The van der Waals surface area contributed by atoms with Crippen LogP contribution < -0.4 is 5.32 Å². The van der Waals surface area contributed by atoms with Crippen molar-refractivity contribution in [1.82, 2.24) is 5.32 Å². The first-order valence-corrected chi connectivity index (χ1v) is 5.67. The molecule has 2 atom stereocenters. The normalized spacial score (nSPS) is 15.1. The molecular formula is C11H18F3NO3. The molecule has 0 aromatic rings. The summed E-state index contributed by atoms with van der Waals surface area (Å²) in [5, 5.41) is 1.65. The zero-order valence-electron chi connectivity index (χ0n) is 10.8. The van der Waals surface area contributed by atoms with Crippen LogP contribution in [-0.4, -0.2) is 30.2 Å². The van der Waals surface area contributed by atoms with Gasteiger partial charge in [0.15, 0.2) is 0 Å². The molecule has 0 saturated carbocycles. The zero-order chi connectivity index (χ0) is 14.5. The maximum atomic E-state index is 12.1. The van der Waals surface area contributed by atoms with E-state index in [4.69, 9.17) is 4.74 Å². The van der Waals surface area contributed by atoms with Crippen LogP contribution in [0.4, 0.5) is 13.2 Å². The Balaban J connectivity index is 4.68. The fraction of sp³-hybridized carbons (Fsp3) is 0.818. The fourth-order valence-corrected chi connectivity index (χ4v) is 1.08. The van der Waals surface area contributed by atoms with Gasteiger partial charge < -0.3 is 10.1 Å². The molecular weight excluding hydrogens is 251 g/mol. The Morgan fingerprint density at radius 2 is 1.72 bits per heavy atom. The molecule has 4 nitrogen and oxygen atoms in total. The van der Waals surface area contributed by atoms with Crippen LogP contribution in [0.25, 0.3) is 0 Å². The molecule has 0 spiro atoms. The zero-order valence-corrected chi connectivity index (χ0v) is 10.8. The van der Waals surface area contributed by atoms with E-state index >= 15 is 0 Å². The van der Waals surface area contributed by atoms with Crippen molar-refractivity contribution >= 4 is 11.9 Å². The predicted octanol–water partition coefficient (Wildman–Crippen LogP) is 2.03. The molecule has 106 valence electrons. The van der Waals surface area contributed by atoms with Crippen LogP contribution in [0.15, 0.2) is 0 Å². The fourth-order valence-electron chi connectivity index (χ4n) is 1.08. The summed E-state index contributed by atoms with van der Waals surface area (Å²) in [6.45, 7) is 6.45. The number of alkyl halides is 3. The van der Waals surface area contributed by atoms with Crippen molar-refractivity contribution in [2.75, 3.05) is 0 Å². The van der Waals surface area contributed by atoms with Gasteiger partial charge in [-0.1, -0.05) is 20.8 Å². The van der Waals surface area contributed by atoms with Gasteiger partial charge in [0.1, 0.15) is 6.04 Å². The molecule has 0 fully saturated rings. The minimum Gasteiger partial charge on any atom is -0.461 e. The first-order chi connectivity index (χ1) is 8.09. The Hall–Kier alpha value is -1.27. The number of rotatable bonds is 5. The maximum absolute atomic E-state index is 12.1. The number of ether oxygens (including phenoxy) is 1. The van der Waals surface area contributed by atoms with Gasteiger partial charge in [-0.2, -0.15) is 13.2 Å². The second-order valence-electron chi connectivity index (χ2n) is 4.35. The number of carbonyl (C=O) groups is 2. The van der Waals surface area contributed by atoms with E-state index in [1.807, 2.05) is 0 Å². The van der Waals surface area contributed by atoms with E-state index in [1.54, 1.807) is 19.2 Å². The lowest BCUT2D eigenvalue weighted by Crippen LogP contribution is -2.50. The second-order valence-corrected chi connectivity index (χ2v) is 4.35. The van der Waals surface area contributed by atoms with Crippen molar-refractivity contribution < 1.29 is 27.5 Å². The third kappa shape index (κ3) is 5.37. The summed E-state index contributed by atoms with van der Waals surface area (Å²) in [7, 11) is 0. The smallest absolute Gasteiger partial charge is 0.461 e. The first-order valence-electron chi connectivity index (χ1n) is 5.67. The molecule has 0 aliphatic heterocycles. The summed E-state index contributed by atoms with van der Waals surface area (Å²) >= 11 is 0. The lowest BCUT2D eigenvalue weighted by atomic mass is 10.0. The monoisotopic (exact) mass is 269 g/mol. The molecule has 1 N–H and O–H groups in total. The van der Waals surface area contributed by atoms with Crippen LogP contribution in [0.5, 0.6) is 0 Å². The van der Waals surface area contributed by atoms with Crippen molar-refractivity contribution in [2.24, 2.45) is 5.92 Å². The SMILES string of the molecule is CCC(C)OC(=O)[C@@H](NC(=O)C(F)(F)F)C(C)C. The molecule has 0 radical (unpaired) electrons. The van der Waals surface area contributed by atoms with E-state index < -0.39 is 36.1 Å². The number of amides is 1. The number of hydrogen-bond acceptors (Lipinski definition) is 3. The first kappa shape index (κ1) is 16.7. The van der Waals surface area contributed by atoms with Crippen molar-refractivity contribution in [1.29, 1.82) is 0 Å². The van der Waals surface area contributed by atoms with E-state index in [1.165, 1.54) is 13.8 Å². The van der Waals surface area contributed by atoms with Gasteiger partial charge in [-0.25, -0.2) is 4.79 Å². The van der Waals surface area contributed by atoms with E-state index in [0.717, 1.165) is 0 Å². The molecule has 0 rings (SSSR count). The Bertz CT molecular complexity index is 302. The summed E-state index contributed by atoms with van der Waals surface area (Å²) < 4.78 is 41.2. The quantitative estimate of drug-likeness (QED) is 0.777. The predicted molar refractivity (Wildman–Crippen MR) is 58.7 cm³/mol. The van der Waals surface area contributed by atoms with Crippen molar-refractivity contribution in [3.05, 3.63) is 0 Å². The van der Waals surface area contributed by atoms with E-state index in [0.29, 0.717) is 6.42 Å². The van der Waals surface area contributed by atoms with Crippen LogP contribution in [0.3, 0.4) is 0 Å². The third-order valence-corrected chi connectivity index (χ3v) is 2.36. The molecule has 0 aliphatic carbocycles. The lowest BCUT2D eigenvalue weighted by Gasteiger charge is -2.23. The minimum atomic E-state index is -5.01. The van der Waals surface area contributed by atoms with Crippen molar-refractivity contribution in [3.8, 4) is 0 Å². The standard InChI is InChI=1S/C11H18F3NO3/c1-5-7(4)18-9(16)8(6(2)3)15-10(17)11(12,13)14/h6-8H,5H2,1-4H3,(H,15,17)/t7?,8-/m0/s1. The number of esters is 1. The highest BCUT2D eigenvalue weighted by atomic mass is 19.4. The van der Waals surface area contributed by atoms with Gasteiger partial charge in [0.2, 0.25) is 0 Å². The minimum absolute atomic E-state index is 0.401. The summed E-state index contributed by atoms with van der Waals surface area (Å²) in [5.41, 5.74) is 0. The van der Waals surface area contributed by atoms with Crippen LogP contribution >= 0.6 is 0 Å². The molecule has 0 bridgehead atoms. The number of nitrogens with one attached hydrogen (secondary N) is 1. The largest absolute Gasteiger partial charge is 0.471 e. The lowest BCUT2D eigenvalue weighted by molar-refractivity contribution is -0.177. The molecule has 0 heterocycles. The topological polar surface area (TPSA) is 55.4 Å². The Morgan fingerprint density at radius 3 is 2.06 bits per heavy atom. The molecule has 1 amide bonds. The van der Waals surface area contributed by atoms with Gasteiger partial charge >= 0.3 is 18.1 Å². The third-order valence-electron chi connectivity index (χ3n) is 2.36. The van der Waals surface area contributed by atoms with E-state index in [2.05, 4.69) is 0 Å². The molecule has 0 aliphatic rings. The summed E-state index contributed by atoms with van der Waals surface area (Å²) in [6.07, 6.45) is -4.87. The average Bonchev–Trinajstić information content (AvgIpc) is 2.22. The van der Waals surface area contributed by atoms with Crippen LogP contribution in [0.1, 0.15) is 34.1 Å². The Morgan fingerprint density at radius 1 is 1.22 bits per heavy atom. The van der Waals surface area contributed by atoms with E-state index in [-0.39, 0.29) is 0 Å². The van der Waals surface area contributed by atoms with Gasteiger partial charge in [-0.05, 0) is 19.3 Å². The van der Waals surface area contributed by atoms with Crippen LogP contribution in [-0.2, 0) is 14.3 Å². The molecule has 1 unspecified atom stereocenters. The molecule has 18 heavy (non-hydrogen) atoms. The molecule has 0 saturated heterocycles. The average molecular weight is 269 g/mol. The molecule has 0 aromatic carbocycles. The summed E-state index contributed by atoms with van der Waals surface area (Å²) in [4.78, 5) is 22.4. The van der Waals surface area contributed by atoms with Gasteiger partial charge in [-0.3, -0.25) is 4.79 Å². The summed E-state index contributed by atoms with van der Waals surface area (Å²) in [5.74, 6) is -3.48. The highest BCUT2D eigenvalue weighted by molar-refractivity contribution is 5.87. The van der Waals surface area contributed by atoms with E-state index in [9.17, 15) is 22.8 Å². The van der Waals surface area contributed by atoms with Crippen LogP contribution in [0.2, 0.25) is 0 Å². The number of hydrogen-bond donors (Lipinski definition) is 1. The highest BCUT2D eigenvalue weighted by Crippen LogP contribution is 2.16. The number of halogens is 3. The molecule has 7 heteroatoms. The summed E-state index contributed by atoms with van der Waals surface area (Å²) in [6, 6.07) is -1.30. The Kier molecular flexibility index (Phi) is 6.14.